The molecule has 0 radical (unpaired) electrons. The lowest BCUT2D eigenvalue weighted by Gasteiger charge is -2.22. The highest BCUT2D eigenvalue weighted by molar-refractivity contribution is 4.68. The van der Waals surface area contributed by atoms with Crippen LogP contribution in [0.1, 0.15) is 38.5 Å². The van der Waals surface area contributed by atoms with Crippen LogP contribution in [0.2, 0.25) is 0 Å². The van der Waals surface area contributed by atoms with Gasteiger partial charge in [0.25, 0.3) is 0 Å². The number of rotatable bonds is 6. The van der Waals surface area contributed by atoms with E-state index in [-0.39, 0.29) is 0 Å². The zero-order valence-corrected chi connectivity index (χ0v) is 8.94. The molecule has 0 aliphatic carbocycles. The predicted octanol–water partition coefficient (Wildman–Crippen LogP) is 1.77. The van der Waals surface area contributed by atoms with Crippen LogP contribution in [0.15, 0.2) is 0 Å². The largest absolute Gasteiger partial charge is 0.320 e. The molecule has 1 aliphatic heterocycles. The number of nitrogens with one attached hydrogen (secondary N) is 2. The van der Waals surface area contributed by atoms with Gasteiger partial charge < -0.3 is 10.6 Å². The first-order chi connectivity index (χ1) is 6.43. The highest BCUT2D eigenvalue weighted by Crippen LogP contribution is 2.18. The monoisotopic (exact) mass is 184 g/mol. The summed E-state index contributed by atoms with van der Waals surface area (Å²) in [5.74, 6) is 1.02. The van der Waals surface area contributed by atoms with Crippen LogP contribution >= 0.6 is 0 Å². The molecule has 1 aliphatic rings. The maximum absolute atomic E-state index is 3.42. The van der Waals surface area contributed by atoms with E-state index in [1.165, 1.54) is 58.2 Å². The van der Waals surface area contributed by atoms with E-state index in [4.69, 9.17) is 0 Å². The van der Waals surface area contributed by atoms with Crippen molar-refractivity contribution >= 4 is 0 Å². The van der Waals surface area contributed by atoms with Crippen LogP contribution in [0.5, 0.6) is 0 Å². The number of unbranched alkanes of at least 4 members (excludes halogenated alkanes) is 2. The molecular formula is C11H24N2. The van der Waals surface area contributed by atoms with Crippen LogP contribution < -0.4 is 10.6 Å². The fourth-order valence-electron chi connectivity index (χ4n) is 2.08. The second kappa shape index (κ2) is 7.34. The topological polar surface area (TPSA) is 24.1 Å². The second-order valence-corrected chi connectivity index (χ2v) is 4.15. The summed E-state index contributed by atoms with van der Waals surface area (Å²) < 4.78 is 0. The van der Waals surface area contributed by atoms with Gasteiger partial charge in [0.15, 0.2) is 0 Å². The lowest BCUT2D eigenvalue weighted by atomic mass is 9.92. The maximum Gasteiger partial charge on any atom is -0.00463 e. The van der Waals surface area contributed by atoms with E-state index in [0.717, 1.165) is 5.92 Å². The highest BCUT2D eigenvalue weighted by atomic mass is 14.9. The first-order valence-electron chi connectivity index (χ1n) is 5.79. The van der Waals surface area contributed by atoms with E-state index in [0.29, 0.717) is 0 Å². The molecule has 1 saturated heterocycles. The Morgan fingerprint density at radius 3 is 2.62 bits per heavy atom. The van der Waals surface area contributed by atoms with Gasteiger partial charge >= 0.3 is 0 Å². The summed E-state index contributed by atoms with van der Waals surface area (Å²) in [5.41, 5.74) is 0. The summed E-state index contributed by atoms with van der Waals surface area (Å²) in [6.45, 7) is 3.69. The standard InChI is InChI=1S/C11H24N2/c1-12-8-4-2-3-5-11-6-9-13-10-7-11/h11-13H,2-10H2,1H3. The SMILES string of the molecule is CNCCCCCC1CCNCC1. The molecule has 78 valence electrons. The van der Waals surface area contributed by atoms with Gasteiger partial charge in [0.2, 0.25) is 0 Å². The van der Waals surface area contributed by atoms with Crippen LogP contribution in [0.3, 0.4) is 0 Å². The van der Waals surface area contributed by atoms with Gasteiger partial charge in [-0.15, -0.1) is 0 Å². The summed E-state index contributed by atoms with van der Waals surface area (Å²) in [5, 5.41) is 6.61. The average molecular weight is 184 g/mol. The third-order valence-corrected chi connectivity index (χ3v) is 3.00. The summed E-state index contributed by atoms with van der Waals surface area (Å²) in [6.07, 6.45) is 8.47. The average Bonchev–Trinajstić information content (AvgIpc) is 2.19. The molecule has 1 fully saturated rings. The Morgan fingerprint density at radius 2 is 1.92 bits per heavy atom. The molecule has 0 aromatic carbocycles. The minimum absolute atomic E-state index is 1.02. The predicted molar refractivity (Wildman–Crippen MR) is 58.0 cm³/mol. The summed E-state index contributed by atoms with van der Waals surface area (Å²) in [4.78, 5) is 0. The lowest BCUT2D eigenvalue weighted by molar-refractivity contribution is 0.342. The van der Waals surface area contributed by atoms with E-state index in [9.17, 15) is 0 Å². The van der Waals surface area contributed by atoms with E-state index >= 15 is 0 Å². The number of piperidine rings is 1. The quantitative estimate of drug-likeness (QED) is 0.615. The minimum atomic E-state index is 1.02. The van der Waals surface area contributed by atoms with Crippen molar-refractivity contribution in [3.8, 4) is 0 Å². The Kier molecular flexibility index (Phi) is 6.21. The van der Waals surface area contributed by atoms with Crippen LogP contribution in [0.25, 0.3) is 0 Å². The molecule has 0 atom stereocenters. The van der Waals surface area contributed by atoms with E-state index < -0.39 is 0 Å². The maximum atomic E-state index is 3.42. The van der Waals surface area contributed by atoms with Crippen molar-refractivity contribution in [1.29, 1.82) is 0 Å². The Morgan fingerprint density at radius 1 is 1.15 bits per heavy atom. The summed E-state index contributed by atoms with van der Waals surface area (Å²) in [6, 6.07) is 0. The van der Waals surface area contributed by atoms with Crippen molar-refractivity contribution in [2.75, 3.05) is 26.7 Å². The molecule has 2 N–H and O–H groups in total. The van der Waals surface area contributed by atoms with Gasteiger partial charge in [0.05, 0.1) is 0 Å². The molecule has 2 heteroatoms. The van der Waals surface area contributed by atoms with Gasteiger partial charge in [-0.1, -0.05) is 19.3 Å². The second-order valence-electron chi connectivity index (χ2n) is 4.15. The van der Waals surface area contributed by atoms with Gasteiger partial charge in [-0.05, 0) is 51.9 Å². The van der Waals surface area contributed by atoms with Gasteiger partial charge in [-0.3, -0.25) is 0 Å². The Balaban J connectivity index is 1.86. The molecule has 0 aromatic rings. The Labute approximate surface area is 82.5 Å². The molecule has 1 heterocycles. The van der Waals surface area contributed by atoms with Crippen molar-refractivity contribution in [3.05, 3.63) is 0 Å². The van der Waals surface area contributed by atoms with E-state index in [1.807, 2.05) is 7.05 Å². The third-order valence-electron chi connectivity index (χ3n) is 3.00. The Hall–Kier alpha value is -0.0800. The fraction of sp³-hybridized carbons (Fsp3) is 1.00. The molecular weight excluding hydrogens is 160 g/mol. The van der Waals surface area contributed by atoms with Gasteiger partial charge in [0, 0.05) is 0 Å². The zero-order chi connectivity index (χ0) is 9.36. The molecule has 1 rings (SSSR count). The van der Waals surface area contributed by atoms with E-state index in [2.05, 4.69) is 10.6 Å². The smallest absolute Gasteiger partial charge is 0.00463 e. The van der Waals surface area contributed by atoms with Gasteiger partial charge in [-0.2, -0.15) is 0 Å². The summed E-state index contributed by atoms with van der Waals surface area (Å²) in [7, 11) is 2.03. The molecule has 0 amide bonds. The van der Waals surface area contributed by atoms with Crippen LogP contribution in [-0.2, 0) is 0 Å². The molecule has 2 nitrogen and oxygen atoms in total. The van der Waals surface area contributed by atoms with Crippen molar-refractivity contribution in [2.24, 2.45) is 5.92 Å². The third kappa shape index (κ3) is 5.27. The minimum Gasteiger partial charge on any atom is -0.320 e. The highest BCUT2D eigenvalue weighted by Gasteiger charge is 2.11. The molecule has 0 bridgehead atoms. The fourth-order valence-corrected chi connectivity index (χ4v) is 2.08. The number of hydrogen-bond acceptors (Lipinski definition) is 2. The van der Waals surface area contributed by atoms with Crippen molar-refractivity contribution in [3.63, 3.8) is 0 Å². The first-order valence-corrected chi connectivity index (χ1v) is 5.79. The first kappa shape index (κ1) is 11.0. The van der Waals surface area contributed by atoms with Crippen molar-refractivity contribution < 1.29 is 0 Å². The normalized spacial score (nSPS) is 19.2. The van der Waals surface area contributed by atoms with Crippen LogP contribution in [0, 0.1) is 5.92 Å². The Bertz CT molecular complexity index is 109. The number of hydrogen-bond donors (Lipinski definition) is 2. The van der Waals surface area contributed by atoms with Crippen LogP contribution in [-0.4, -0.2) is 26.7 Å². The lowest BCUT2D eigenvalue weighted by Crippen LogP contribution is -2.27. The van der Waals surface area contributed by atoms with Crippen molar-refractivity contribution in [2.45, 2.75) is 38.5 Å². The molecule has 0 unspecified atom stereocenters. The van der Waals surface area contributed by atoms with Gasteiger partial charge in [0.1, 0.15) is 0 Å². The van der Waals surface area contributed by atoms with Crippen LogP contribution in [0.4, 0.5) is 0 Å². The van der Waals surface area contributed by atoms with Gasteiger partial charge in [-0.25, -0.2) is 0 Å². The zero-order valence-electron chi connectivity index (χ0n) is 8.94. The van der Waals surface area contributed by atoms with E-state index in [1.54, 1.807) is 0 Å². The molecule has 0 saturated carbocycles. The molecule has 0 aromatic heterocycles. The summed E-state index contributed by atoms with van der Waals surface area (Å²) >= 11 is 0. The molecule has 0 spiro atoms. The molecule has 13 heavy (non-hydrogen) atoms. The van der Waals surface area contributed by atoms with Crippen molar-refractivity contribution in [1.82, 2.24) is 10.6 Å².